The van der Waals surface area contributed by atoms with Gasteiger partial charge in [-0.15, -0.1) is 24.0 Å². The number of rotatable bonds is 8. The Labute approximate surface area is 189 Å². The van der Waals surface area contributed by atoms with Crippen LogP contribution in [0.2, 0.25) is 0 Å². The zero-order valence-corrected chi connectivity index (χ0v) is 19.6. The molecule has 3 N–H and O–H groups in total. The summed E-state index contributed by atoms with van der Waals surface area (Å²) >= 11 is 0. The lowest BCUT2D eigenvalue weighted by Gasteiger charge is -2.11. The Kier molecular flexibility index (Phi) is 10.3. The molecule has 8 heteroatoms. The molecule has 0 radical (unpaired) electrons. The zero-order chi connectivity index (χ0) is 20.5. The third kappa shape index (κ3) is 7.45. The smallest absolute Gasteiger partial charge is 0.253 e. The van der Waals surface area contributed by atoms with E-state index in [9.17, 15) is 4.79 Å². The number of aliphatic imine (C=N–C) groups is 1. The van der Waals surface area contributed by atoms with Crippen LogP contribution in [0.5, 0.6) is 11.5 Å². The molecule has 0 heterocycles. The molecule has 2 aromatic rings. The number of carbonyl (C=O) groups is 1. The van der Waals surface area contributed by atoms with Crippen molar-refractivity contribution in [3.8, 4) is 11.5 Å². The minimum atomic E-state index is -0.0219. The van der Waals surface area contributed by atoms with Gasteiger partial charge in [0.05, 0.1) is 20.8 Å². The Morgan fingerprint density at radius 2 is 1.66 bits per heavy atom. The molecule has 2 aromatic carbocycles. The van der Waals surface area contributed by atoms with E-state index in [0.717, 1.165) is 17.5 Å². The van der Waals surface area contributed by atoms with Crippen molar-refractivity contribution in [1.29, 1.82) is 0 Å². The summed E-state index contributed by atoms with van der Waals surface area (Å²) in [6, 6.07) is 13.2. The van der Waals surface area contributed by atoms with E-state index >= 15 is 0 Å². The SMILES string of the molecule is COc1ccc(CCNC(N)=NCc2ccc(C(=O)N(C)C)cc2)cc1OC.I. The van der Waals surface area contributed by atoms with Gasteiger partial charge in [-0.1, -0.05) is 18.2 Å². The van der Waals surface area contributed by atoms with Gasteiger partial charge in [-0.2, -0.15) is 0 Å². The summed E-state index contributed by atoms with van der Waals surface area (Å²) in [5.74, 6) is 1.77. The van der Waals surface area contributed by atoms with E-state index in [4.69, 9.17) is 15.2 Å². The number of methoxy groups -OCH3 is 2. The van der Waals surface area contributed by atoms with E-state index in [1.54, 1.807) is 45.3 Å². The highest BCUT2D eigenvalue weighted by atomic mass is 127. The third-order valence-corrected chi connectivity index (χ3v) is 4.21. The first kappa shape index (κ1) is 24.5. The number of benzene rings is 2. The largest absolute Gasteiger partial charge is 0.493 e. The van der Waals surface area contributed by atoms with Crippen LogP contribution in [0.3, 0.4) is 0 Å². The highest BCUT2D eigenvalue weighted by Crippen LogP contribution is 2.27. The number of guanidine groups is 1. The Hall–Kier alpha value is -2.49. The highest BCUT2D eigenvalue weighted by Gasteiger charge is 2.07. The van der Waals surface area contributed by atoms with E-state index in [-0.39, 0.29) is 29.9 Å². The molecule has 0 fully saturated rings. The van der Waals surface area contributed by atoms with Crippen LogP contribution < -0.4 is 20.5 Å². The number of hydrogen-bond donors (Lipinski definition) is 2. The molecule has 7 nitrogen and oxygen atoms in total. The average Bonchev–Trinajstić information content (AvgIpc) is 2.71. The van der Waals surface area contributed by atoms with Gasteiger partial charge in [0.15, 0.2) is 17.5 Å². The lowest BCUT2D eigenvalue weighted by molar-refractivity contribution is 0.0827. The molecule has 0 aliphatic heterocycles. The topological polar surface area (TPSA) is 89.2 Å². The summed E-state index contributed by atoms with van der Waals surface area (Å²) in [5.41, 5.74) is 8.69. The van der Waals surface area contributed by atoms with Crippen LogP contribution in [0.4, 0.5) is 0 Å². The van der Waals surface area contributed by atoms with Crippen molar-refractivity contribution in [2.24, 2.45) is 10.7 Å². The van der Waals surface area contributed by atoms with Gasteiger partial charge in [0.25, 0.3) is 5.91 Å². The normalized spacial score (nSPS) is 10.7. The minimum Gasteiger partial charge on any atom is -0.493 e. The molecule has 158 valence electrons. The van der Waals surface area contributed by atoms with E-state index in [0.29, 0.717) is 36.1 Å². The number of amides is 1. The monoisotopic (exact) mass is 512 g/mol. The van der Waals surface area contributed by atoms with E-state index in [1.165, 1.54) is 0 Å². The van der Waals surface area contributed by atoms with Crippen LogP contribution in [-0.4, -0.2) is 51.6 Å². The van der Waals surface area contributed by atoms with Gasteiger partial charge < -0.3 is 25.4 Å². The molecule has 0 aromatic heterocycles. The quantitative estimate of drug-likeness (QED) is 0.323. The maximum absolute atomic E-state index is 11.9. The Morgan fingerprint density at radius 1 is 1.03 bits per heavy atom. The van der Waals surface area contributed by atoms with Crippen LogP contribution in [0.1, 0.15) is 21.5 Å². The molecule has 0 saturated heterocycles. The van der Waals surface area contributed by atoms with Crippen molar-refractivity contribution in [3.63, 3.8) is 0 Å². The molecule has 0 atom stereocenters. The maximum Gasteiger partial charge on any atom is 0.253 e. The first-order chi connectivity index (χ1) is 13.4. The molecular weight excluding hydrogens is 483 g/mol. The van der Waals surface area contributed by atoms with Crippen molar-refractivity contribution < 1.29 is 14.3 Å². The molecule has 0 bridgehead atoms. The molecule has 1 amide bonds. The molecule has 2 rings (SSSR count). The Balaban J connectivity index is 0.00000420. The van der Waals surface area contributed by atoms with Crippen molar-refractivity contribution >= 4 is 35.8 Å². The highest BCUT2D eigenvalue weighted by molar-refractivity contribution is 14.0. The Bertz CT molecular complexity index is 823. The van der Waals surface area contributed by atoms with E-state index in [2.05, 4.69) is 10.3 Å². The standard InChI is InChI=1S/C21H28N4O3.HI/c1-25(2)20(26)17-8-5-16(6-9-17)14-24-21(22)23-12-11-15-7-10-18(27-3)19(13-15)28-4;/h5-10,13H,11-12,14H2,1-4H3,(H3,22,23,24);1H. The second kappa shape index (κ2) is 12.2. The number of ether oxygens (including phenoxy) is 2. The van der Waals surface area contributed by atoms with Crippen molar-refractivity contribution in [1.82, 2.24) is 10.2 Å². The number of nitrogens with two attached hydrogens (primary N) is 1. The number of hydrogen-bond acceptors (Lipinski definition) is 4. The predicted molar refractivity (Wildman–Crippen MR) is 126 cm³/mol. The zero-order valence-electron chi connectivity index (χ0n) is 17.3. The van der Waals surface area contributed by atoms with Gasteiger partial charge in [-0.05, 0) is 41.8 Å². The molecule has 0 saturated carbocycles. The molecule has 0 unspecified atom stereocenters. The van der Waals surface area contributed by atoms with Crippen LogP contribution in [-0.2, 0) is 13.0 Å². The van der Waals surface area contributed by atoms with Crippen molar-refractivity contribution in [2.45, 2.75) is 13.0 Å². The van der Waals surface area contributed by atoms with Crippen molar-refractivity contribution in [2.75, 3.05) is 34.9 Å². The van der Waals surface area contributed by atoms with Gasteiger partial charge in [0.2, 0.25) is 0 Å². The van der Waals surface area contributed by atoms with Gasteiger partial charge >= 0.3 is 0 Å². The van der Waals surface area contributed by atoms with Crippen molar-refractivity contribution in [3.05, 3.63) is 59.2 Å². The van der Waals surface area contributed by atoms with Gasteiger partial charge in [-0.3, -0.25) is 4.79 Å². The second-order valence-electron chi connectivity index (χ2n) is 6.46. The summed E-state index contributed by atoms with van der Waals surface area (Å²) in [4.78, 5) is 17.8. The molecule has 0 aliphatic carbocycles. The summed E-state index contributed by atoms with van der Waals surface area (Å²) in [6.45, 7) is 1.10. The fourth-order valence-electron chi connectivity index (χ4n) is 2.61. The number of nitrogens with zero attached hydrogens (tertiary/aromatic N) is 2. The summed E-state index contributed by atoms with van der Waals surface area (Å²) in [7, 11) is 6.70. The first-order valence-electron chi connectivity index (χ1n) is 9.00. The Morgan fingerprint density at radius 3 is 2.24 bits per heavy atom. The predicted octanol–water partition coefficient (Wildman–Crippen LogP) is 2.67. The van der Waals surface area contributed by atoms with E-state index < -0.39 is 0 Å². The molecule has 29 heavy (non-hydrogen) atoms. The second-order valence-corrected chi connectivity index (χ2v) is 6.46. The number of halogens is 1. The molecule has 0 spiro atoms. The lowest BCUT2D eigenvalue weighted by atomic mass is 10.1. The average molecular weight is 512 g/mol. The summed E-state index contributed by atoms with van der Waals surface area (Å²) < 4.78 is 10.5. The maximum atomic E-state index is 11.9. The number of carbonyl (C=O) groups excluding carboxylic acids is 1. The van der Waals surface area contributed by atoms with Crippen LogP contribution >= 0.6 is 24.0 Å². The molecular formula is C21H29IN4O3. The van der Waals surface area contributed by atoms with Gasteiger partial charge in [0, 0.05) is 26.2 Å². The van der Waals surface area contributed by atoms with Crippen LogP contribution in [0.15, 0.2) is 47.5 Å². The lowest BCUT2D eigenvalue weighted by Crippen LogP contribution is -2.33. The van der Waals surface area contributed by atoms with Gasteiger partial charge in [0.1, 0.15) is 0 Å². The minimum absolute atomic E-state index is 0. The summed E-state index contributed by atoms with van der Waals surface area (Å²) in [6.07, 6.45) is 0.776. The number of nitrogens with one attached hydrogen (secondary N) is 1. The summed E-state index contributed by atoms with van der Waals surface area (Å²) in [5, 5.41) is 3.11. The fourth-order valence-corrected chi connectivity index (χ4v) is 2.61. The fraction of sp³-hybridized carbons (Fsp3) is 0.333. The van der Waals surface area contributed by atoms with Crippen LogP contribution in [0, 0.1) is 0 Å². The van der Waals surface area contributed by atoms with Crippen LogP contribution in [0.25, 0.3) is 0 Å². The van der Waals surface area contributed by atoms with Gasteiger partial charge in [-0.25, -0.2) is 4.99 Å². The van der Waals surface area contributed by atoms with E-state index in [1.807, 2.05) is 30.3 Å². The first-order valence-corrected chi connectivity index (χ1v) is 9.00. The third-order valence-electron chi connectivity index (χ3n) is 4.21. The molecule has 0 aliphatic rings.